The number of rotatable bonds is 0. The number of nitrogens with zero attached hydrogens (tertiary/aromatic N) is 1. The van der Waals surface area contributed by atoms with Crippen LogP contribution >= 0.6 is 0 Å². The molecule has 20 heavy (non-hydrogen) atoms. The molecule has 2 aromatic rings. The Kier molecular flexibility index (Phi) is 2.25. The van der Waals surface area contributed by atoms with Gasteiger partial charge in [-0.2, -0.15) is 0 Å². The van der Waals surface area contributed by atoms with E-state index in [2.05, 4.69) is 38.4 Å². The molecule has 1 atom stereocenters. The highest BCUT2D eigenvalue weighted by Gasteiger charge is 2.55. The normalized spacial score (nSPS) is 25.8. The van der Waals surface area contributed by atoms with Crippen LogP contribution in [0.2, 0.25) is 0 Å². The van der Waals surface area contributed by atoms with Crippen molar-refractivity contribution in [3.8, 4) is 0 Å². The van der Waals surface area contributed by atoms with Gasteiger partial charge in [-0.15, -0.1) is 10.9 Å². The van der Waals surface area contributed by atoms with Gasteiger partial charge in [-0.1, -0.05) is 30.3 Å². The molecule has 0 amide bonds. The van der Waals surface area contributed by atoms with E-state index in [-0.39, 0.29) is 5.82 Å². The van der Waals surface area contributed by atoms with Gasteiger partial charge in [0.25, 0.3) is 0 Å². The second-order valence-corrected chi connectivity index (χ2v) is 6.53. The summed E-state index contributed by atoms with van der Waals surface area (Å²) in [6.07, 6.45) is 0. The van der Waals surface area contributed by atoms with E-state index >= 15 is 0 Å². The molecule has 0 fully saturated rings. The minimum atomic E-state index is -1.30. The predicted molar refractivity (Wildman–Crippen MR) is 78.5 cm³/mol. The van der Waals surface area contributed by atoms with E-state index in [1.54, 1.807) is 12.1 Å². The highest BCUT2D eigenvalue weighted by molar-refractivity contribution is 6.93. The summed E-state index contributed by atoms with van der Waals surface area (Å²) in [5.74, 6) is -0.184. The van der Waals surface area contributed by atoms with Crippen LogP contribution in [-0.4, -0.2) is 25.0 Å². The Hall–Kier alpha value is -1.65. The molecular weight excluding hydrogens is 252 g/mol. The molecule has 2 nitrogen and oxygen atoms in total. The molecule has 0 N–H and O–H groups in total. The summed E-state index contributed by atoms with van der Waals surface area (Å²) < 4.78 is 20.6. The van der Waals surface area contributed by atoms with Gasteiger partial charge in [-0.05, 0) is 23.3 Å². The molecule has 4 heteroatoms. The lowest BCUT2D eigenvalue weighted by Gasteiger charge is -2.48. The molecule has 2 aliphatic rings. The SMILES string of the molecule is C[N+]1(C)Cc2ccccc2[B-]12OCc1cc(F)ccc12. The van der Waals surface area contributed by atoms with Crippen molar-refractivity contribution in [1.82, 2.24) is 0 Å². The second kappa shape index (κ2) is 3.71. The maximum atomic E-state index is 13.5. The predicted octanol–water partition coefficient (Wildman–Crippen LogP) is 1.50. The molecule has 0 aliphatic carbocycles. The van der Waals surface area contributed by atoms with Gasteiger partial charge >= 0.3 is 6.48 Å². The number of fused-ring (bicyclic) bond motifs is 4. The average molecular weight is 269 g/mol. The largest absolute Gasteiger partial charge is 0.528 e. The van der Waals surface area contributed by atoms with E-state index in [1.807, 2.05) is 6.07 Å². The Bertz CT molecular complexity index is 715. The van der Waals surface area contributed by atoms with Gasteiger partial charge in [0.05, 0.1) is 6.54 Å². The molecule has 2 heterocycles. The number of hydrogen-bond donors (Lipinski definition) is 0. The van der Waals surface area contributed by atoms with E-state index < -0.39 is 6.48 Å². The number of quaternary nitrogens is 1. The van der Waals surface area contributed by atoms with Gasteiger partial charge in [-0.25, -0.2) is 4.39 Å². The fraction of sp³-hybridized carbons (Fsp3) is 0.250. The zero-order valence-corrected chi connectivity index (χ0v) is 11.8. The molecule has 102 valence electrons. The summed E-state index contributed by atoms with van der Waals surface area (Å²) in [5.41, 5.74) is 4.78. The third kappa shape index (κ3) is 1.31. The number of benzene rings is 2. The van der Waals surface area contributed by atoms with E-state index in [0.29, 0.717) is 6.61 Å². The summed E-state index contributed by atoms with van der Waals surface area (Å²) in [4.78, 5) is 0. The third-order valence-electron chi connectivity index (χ3n) is 5.05. The Labute approximate surface area is 118 Å². The van der Waals surface area contributed by atoms with Gasteiger partial charge in [-0.3, -0.25) is 0 Å². The van der Waals surface area contributed by atoms with Crippen LogP contribution in [0.4, 0.5) is 4.39 Å². The molecule has 2 aromatic carbocycles. The summed E-state index contributed by atoms with van der Waals surface area (Å²) in [7, 11) is 4.41. The quantitative estimate of drug-likeness (QED) is 0.659. The monoisotopic (exact) mass is 269 g/mol. The topological polar surface area (TPSA) is 9.23 Å². The number of halogens is 1. The fourth-order valence-corrected chi connectivity index (χ4v) is 4.22. The minimum Gasteiger partial charge on any atom is -0.528 e. The molecule has 0 bridgehead atoms. The Morgan fingerprint density at radius 1 is 1.05 bits per heavy atom. The Morgan fingerprint density at radius 3 is 2.65 bits per heavy atom. The second-order valence-electron chi connectivity index (χ2n) is 6.53. The van der Waals surface area contributed by atoms with Crippen LogP contribution < -0.4 is 10.9 Å². The van der Waals surface area contributed by atoms with Crippen molar-refractivity contribution in [1.29, 1.82) is 0 Å². The lowest BCUT2D eigenvalue weighted by Crippen LogP contribution is -2.72. The molecule has 1 spiro atoms. The third-order valence-corrected chi connectivity index (χ3v) is 5.05. The maximum Gasteiger partial charge on any atom is 0.392 e. The summed E-state index contributed by atoms with van der Waals surface area (Å²) in [6.45, 7) is 0.156. The van der Waals surface area contributed by atoms with Crippen molar-refractivity contribution in [3.63, 3.8) is 0 Å². The first-order valence-electron chi connectivity index (χ1n) is 7.03. The summed E-state index contributed by atoms with van der Waals surface area (Å²) in [5, 5.41) is 0. The smallest absolute Gasteiger partial charge is 0.392 e. The van der Waals surface area contributed by atoms with Crippen LogP contribution in [0, 0.1) is 5.82 Å². The van der Waals surface area contributed by atoms with Crippen molar-refractivity contribution in [2.24, 2.45) is 0 Å². The van der Waals surface area contributed by atoms with Crippen molar-refractivity contribution in [2.45, 2.75) is 13.2 Å². The van der Waals surface area contributed by atoms with Crippen molar-refractivity contribution < 1.29 is 13.4 Å². The lowest BCUT2D eigenvalue weighted by atomic mass is 9.41. The minimum absolute atomic E-state index is 0.184. The summed E-state index contributed by atoms with van der Waals surface area (Å²) >= 11 is 0. The Morgan fingerprint density at radius 2 is 1.80 bits per heavy atom. The molecule has 0 aromatic heterocycles. The van der Waals surface area contributed by atoms with Crippen LogP contribution in [0.3, 0.4) is 0 Å². The maximum absolute atomic E-state index is 13.5. The first-order chi connectivity index (χ1) is 9.54. The van der Waals surface area contributed by atoms with Gasteiger partial charge < -0.3 is 9.05 Å². The Balaban J connectivity index is 2.03. The first kappa shape index (κ1) is 12.1. The average Bonchev–Trinajstić information content (AvgIpc) is 2.88. The van der Waals surface area contributed by atoms with Crippen LogP contribution in [0.1, 0.15) is 11.1 Å². The van der Waals surface area contributed by atoms with E-state index in [0.717, 1.165) is 16.5 Å². The molecule has 0 saturated carbocycles. The highest BCUT2D eigenvalue weighted by Crippen LogP contribution is 2.34. The molecule has 1 unspecified atom stereocenters. The van der Waals surface area contributed by atoms with Gasteiger partial charge in [0.15, 0.2) is 0 Å². The lowest BCUT2D eigenvalue weighted by molar-refractivity contribution is -0.806. The fourth-order valence-electron chi connectivity index (χ4n) is 4.22. The van der Waals surface area contributed by atoms with Crippen LogP contribution in [0.5, 0.6) is 0 Å². The van der Waals surface area contributed by atoms with E-state index in [4.69, 9.17) is 4.65 Å². The van der Waals surface area contributed by atoms with Crippen LogP contribution in [0.25, 0.3) is 0 Å². The van der Waals surface area contributed by atoms with Crippen LogP contribution in [0.15, 0.2) is 42.5 Å². The van der Waals surface area contributed by atoms with Crippen LogP contribution in [-0.2, 0) is 17.8 Å². The van der Waals surface area contributed by atoms with Gasteiger partial charge in [0.1, 0.15) is 5.82 Å². The number of hydrogen-bond acceptors (Lipinski definition) is 1. The molecule has 2 aliphatic heterocycles. The molecule has 0 radical (unpaired) electrons. The summed E-state index contributed by atoms with van der Waals surface area (Å²) in [6, 6.07) is 13.6. The highest BCUT2D eigenvalue weighted by atomic mass is 19.1. The molecular formula is C16H17BFNO. The molecule has 0 saturated heterocycles. The first-order valence-corrected chi connectivity index (χ1v) is 7.03. The standard InChI is InChI=1S/C16H17BFNO/c1-19(2)10-12-5-3-4-6-15(12)17(19)16-8-7-14(18)9-13(16)11-20-17/h3-9H,10-11H2,1-2H3. The van der Waals surface area contributed by atoms with Gasteiger partial charge in [0.2, 0.25) is 0 Å². The zero-order chi connectivity index (χ0) is 14.0. The van der Waals surface area contributed by atoms with E-state index in [1.165, 1.54) is 16.5 Å². The zero-order valence-electron chi connectivity index (χ0n) is 11.8. The van der Waals surface area contributed by atoms with Crippen molar-refractivity contribution in [2.75, 3.05) is 14.1 Å². The molecule has 4 rings (SSSR count). The van der Waals surface area contributed by atoms with Crippen molar-refractivity contribution in [3.05, 3.63) is 59.4 Å². The van der Waals surface area contributed by atoms with Crippen molar-refractivity contribution >= 4 is 17.4 Å². The van der Waals surface area contributed by atoms with E-state index in [9.17, 15) is 4.39 Å². The van der Waals surface area contributed by atoms with Gasteiger partial charge in [0, 0.05) is 20.7 Å².